The van der Waals surface area contributed by atoms with E-state index in [9.17, 15) is 13.9 Å². The minimum atomic E-state index is -0.887. The third-order valence-corrected chi connectivity index (χ3v) is 3.45. The number of hydrogen-bond donors (Lipinski definition) is 1. The molecule has 1 N–H and O–H groups in total. The molecule has 112 valence electrons. The van der Waals surface area contributed by atoms with Gasteiger partial charge in [0.2, 0.25) is 0 Å². The van der Waals surface area contributed by atoms with Crippen molar-refractivity contribution < 1.29 is 13.9 Å². The number of benzene rings is 2. The van der Waals surface area contributed by atoms with Gasteiger partial charge in [0.25, 0.3) is 0 Å². The van der Waals surface area contributed by atoms with E-state index in [0.717, 1.165) is 17.3 Å². The Morgan fingerprint density at radius 1 is 1.10 bits per heavy atom. The maximum atomic E-state index is 13.1. The highest BCUT2D eigenvalue weighted by atomic mass is 19.1. The molecule has 0 bridgehead atoms. The molecule has 4 heteroatoms. The number of aryl methyl sites for hydroxylation is 1. The SMILES string of the molecule is Cc1cccc(N(C)CCC(O)c2cc(F)cc(F)c2)c1. The minimum absolute atomic E-state index is 0.269. The summed E-state index contributed by atoms with van der Waals surface area (Å²) in [5, 5.41) is 10.1. The zero-order valence-electron chi connectivity index (χ0n) is 12.2. The third-order valence-electron chi connectivity index (χ3n) is 3.45. The average molecular weight is 291 g/mol. The maximum absolute atomic E-state index is 13.1. The number of halogens is 2. The largest absolute Gasteiger partial charge is 0.388 e. The second-order valence-electron chi connectivity index (χ2n) is 5.27. The number of nitrogens with zero attached hydrogens (tertiary/aromatic N) is 1. The summed E-state index contributed by atoms with van der Waals surface area (Å²) in [4.78, 5) is 2.01. The summed E-state index contributed by atoms with van der Waals surface area (Å²) in [5.41, 5.74) is 2.48. The zero-order valence-corrected chi connectivity index (χ0v) is 12.2. The van der Waals surface area contributed by atoms with Crippen LogP contribution in [0.2, 0.25) is 0 Å². The van der Waals surface area contributed by atoms with Crippen LogP contribution < -0.4 is 4.90 Å². The Morgan fingerprint density at radius 2 is 1.76 bits per heavy atom. The Balaban J connectivity index is 1.98. The monoisotopic (exact) mass is 291 g/mol. The third kappa shape index (κ3) is 4.26. The molecule has 0 spiro atoms. The standard InChI is InChI=1S/C17H19F2NO/c1-12-4-3-5-16(8-12)20(2)7-6-17(21)13-9-14(18)11-15(19)10-13/h3-5,8-11,17,21H,6-7H2,1-2H3. The lowest BCUT2D eigenvalue weighted by Gasteiger charge is -2.21. The maximum Gasteiger partial charge on any atom is 0.126 e. The molecule has 1 unspecified atom stereocenters. The Hall–Kier alpha value is -1.94. The van der Waals surface area contributed by atoms with Gasteiger partial charge in [0, 0.05) is 25.3 Å². The molecular formula is C17H19F2NO. The van der Waals surface area contributed by atoms with Gasteiger partial charge in [-0.1, -0.05) is 12.1 Å². The van der Waals surface area contributed by atoms with E-state index < -0.39 is 17.7 Å². The molecule has 1 atom stereocenters. The van der Waals surface area contributed by atoms with Crippen LogP contribution in [0.3, 0.4) is 0 Å². The molecule has 2 aromatic carbocycles. The smallest absolute Gasteiger partial charge is 0.126 e. The summed E-state index contributed by atoms with van der Waals surface area (Å²) < 4.78 is 26.3. The highest BCUT2D eigenvalue weighted by Crippen LogP contribution is 2.21. The first-order valence-electron chi connectivity index (χ1n) is 6.87. The summed E-state index contributed by atoms with van der Waals surface area (Å²) in [6.07, 6.45) is -0.490. The van der Waals surface area contributed by atoms with Crippen molar-refractivity contribution in [2.24, 2.45) is 0 Å². The quantitative estimate of drug-likeness (QED) is 0.905. The Labute approximate surface area is 123 Å². The molecule has 0 aliphatic rings. The van der Waals surface area contributed by atoms with E-state index in [0.29, 0.717) is 13.0 Å². The normalized spacial score (nSPS) is 12.2. The van der Waals surface area contributed by atoms with E-state index in [2.05, 4.69) is 0 Å². The summed E-state index contributed by atoms with van der Waals surface area (Å²) in [6.45, 7) is 2.60. The van der Waals surface area contributed by atoms with Crippen LogP contribution in [-0.4, -0.2) is 18.7 Å². The zero-order chi connectivity index (χ0) is 15.4. The minimum Gasteiger partial charge on any atom is -0.388 e. The van der Waals surface area contributed by atoms with E-state index in [4.69, 9.17) is 0 Å². The van der Waals surface area contributed by atoms with E-state index in [1.165, 1.54) is 12.1 Å². The van der Waals surface area contributed by atoms with Gasteiger partial charge in [0.15, 0.2) is 0 Å². The molecule has 0 saturated heterocycles. The molecule has 2 rings (SSSR count). The lowest BCUT2D eigenvalue weighted by atomic mass is 10.1. The summed E-state index contributed by atoms with van der Waals surface area (Å²) >= 11 is 0. The van der Waals surface area contributed by atoms with E-state index in [1.54, 1.807) is 0 Å². The first-order chi connectivity index (χ1) is 9.95. The fraction of sp³-hybridized carbons (Fsp3) is 0.294. The molecule has 0 radical (unpaired) electrons. The number of anilines is 1. The molecule has 0 saturated carbocycles. The molecule has 0 fully saturated rings. The van der Waals surface area contributed by atoms with Gasteiger partial charge in [-0.05, 0) is 48.7 Å². The van der Waals surface area contributed by atoms with Crippen molar-refractivity contribution in [3.05, 3.63) is 65.2 Å². The fourth-order valence-corrected chi connectivity index (χ4v) is 2.24. The van der Waals surface area contributed by atoms with Crippen molar-refractivity contribution >= 4 is 5.69 Å². The number of aliphatic hydroxyl groups excluding tert-OH is 1. The first-order valence-corrected chi connectivity index (χ1v) is 6.87. The van der Waals surface area contributed by atoms with Gasteiger partial charge in [0.05, 0.1) is 6.10 Å². The Kier molecular flexibility index (Phi) is 4.91. The first kappa shape index (κ1) is 15.4. The fourth-order valence-electron chi connectivity index (χ4n) is 2.24. The molecule has 0 aromatic heterocycles. The summed E-state index contributed by atoms with van der Waals surface area (Å²) in [7, 11) is 1.92. The lowest BCUT2D eigenvalue weighted by molar-refractivity contribution is 0.169. The Bertz CT molecular complexity index is 595. The van der Waals surface area contributed by atoms with Crippen molar-refractivity contribution in [3.8, 4) is 0 Å². The molecule has 0 heterocycles. The van der Waals surface area contributed by atoms with Gasteiger partial charge in [-0.3, -0.25) is 0 Å². The number of rotatable bonds is 5. The molecule has 0 aliphatic carbocycles. The van der Waals surface area contributed by atoms with Crippen molar-refractivity contribution in [2.45, 2.75) is 19.4 Å². The van der Waals surface area contributed by atoms with Gasteiger partial charge >= 0.3 is 0 Å². The van der Waals surface area contributed by atoms with Crippen LogP contribution in [0.5, 0.6) is 0 Å². The van der Waals surface area contributed by atoms with Crippen LogP contribution in [-0.2, 0) is 0 Å². The average Bonchev–Trinajstić information content (AvgIpc) is 2.43. The van der Waals surface area contributed by atoms with Gasteiger partial charge in [-0.15, -0.1) is 0 Å². The molecule has 2 aromatic rings. The van der Waals surface area contributed by atoms with Crippen molar-refractivity contribution in [3.63, 3.8) is 0 Å². The van der Waals surface area contributed by atoms with Crippen molar-refractivity contribution in [2.75, 3.05) is 18.5 Å². The molecule has 2 nitrogen and oxygen atoms in total. The molecule has 0 amide bonds. The Morgan fingerprint density at radius 3 is 2.38 bits per heavy atom. The van der Waals surface area contributed by atoms with Crippen LogP contribution in [0, 0.1) is 18.6 Å². The van der Waals surface area contributed by atoms with E-state index >= 15 is 0 Å². The van der Waals surface area contributed by atoms with Crippen LogP contribution >= 0.6 is 0 Å². The predicted molar refractivity (Wildman–Crippen MR) is 80.4 cm³/mol. The van der Waals surface area contributed by atoms with Crippen LogP contribution in [0.15, 0.2) is 42.5 Å². The number of aliphatic hydroxyl groups is 1. The van der Waals surface area contributed by atoms with Crippen LogP contribution in [0.4, 0.5) is 14.5 Å². The second-order valence-corrected chi connectivity index (χ2v) is 5.27. The predicted octanol–water partition coefficient (Wildman–Crippen LogP) is 3.83. The molecule has 0 aliphatic heterocycles. The number of hydrogen-bond acceptors (Lipinski definition) is 2. The highest BCUT2D eigenvalue weighted by Gasteiger charge is 2.12. The van der Waals surface area contributed by atoms with Crippen LogP contribution in [0.25, 0.3) is 0 Å². The molecular weight excluding hydrogens is 272 g/mol. The van der Waals surface area contributed by atoms with Gasteiger partial charge in [-0.25, -0.2) is 8.78 Å². The van der Waals surface area contributed by atoms with E-state index in [1.807, 2.05) is 43.1 Å². The second kappa shape index (κ2) is 6.68. The lowest BCUT2D eigenvalue weighted by Crippen LogP contribution is -2.20. The topological polar surface area (TPSA) is 23.5 Å². The molecule has 21 heavy (non-hydrogen) atoms. The highest BCUT2D eigenvalue weighted by molar-refractivity contribution is 5.47. The van der Waals surface area contributed by atoms with Gasteiger partial charge in [0.1, 0.15) is 11.6 Å². The van der Waals surface area contributed by atoms with Crippen LogP contribution in [0.1, 0.15) is 23.7 Å². The van der Waals surface area contributed by atoms with Crippen molar-refractivity contribution in [1.29, 1.82) is 0 Å². The summed E-state index contributed by atoms with van der Waals surface area (Å²) in [5.74, 6) is -1.34. The van der Waals surface area contributed by atoms with Crippen molar-refractivity contribution in [1.82, 2.24) is 0 Å². The summed E-state index contributed by atoms with van der Waals surface area (Å²) in [6, 6.07) is 11.2. The van der Waals surface area contributed by atoms with E-state index in [-0.39, 0.29) is 5.56 Å². The van der Waals surface area contributed by atoms with Gasteiger partial charge in [-0.2, -0.15) is 0 Å². The van der Waals surface area contributed by atoms with Gasteiger partial charge < -0.3 is 10.0 Å².